The third-order valence-corrected chi connectivity index (χ3v) is 5.46. The highest BCUT2D eigenvalue weighted by atomic mass is 35.7. The standard InChI is InChI=1S/C11H12Cl3NO4S2/c1-6(5-20(2)17)15-11(16)7-3-10(21(14,18)19)9(13)4-8(7)12/h3-4,6H,5H2,1-2H3,(H,15,16). The Morgan fingerprint density at radius 1 is 1.33 bits per heavy atom. The Morgan fingerprint density at radius 2 is 1.90 bits per heavy atom. The first-order chi connectivity index (χ1) is 9.52. The minimum atomic E-state index is -4.10. The first-order valence-electron chi connectivity index (χ1n) is 5.57. The van der Waals surface area contributed by atoms with Gasteiger partial charge in [-0.3, -0.25) is 9.00 Å². The van der Waals surface area contributed by atoms with Gasteiger partial charge in [-0.25, -0.2) is 8.42 Å². The topological polar surface area (TPSA) is 80.3 Å². The normalized spacial score (nSPS) is 14.5. The van der Waals surface area contributed by atoms with Gasteiger partial charge in [0.25, 0.3) is 15.0 Å². The summed E-state index contributed by atoms with van der Waals surface area (Å²) in [6, 6.07) is 1.78. The van der Waals surface area contributed by atoms with Crippen LogP contribution >= 0.6 is 33.9 Å². The predicted octanol–water partition coefficient (Wildman–Crippen LogP) is 2.42. The van der Waals surface area contributed by atoms with Crippen molar-refractivity contribution >= 4 is 59.6 Å². The third kappa shape index (κ3) is 5.41. The van der Waals surface area contributed by atoms with Crippen molar-refractivity contribution in [3.8, 4) is 0 Å². The van der Waals surface area contributed by atoms with Crippen LogP contribution < -0.4 is 5.32 Å². The second kappa shape index (κ2) is 7.28. The number of benzene rings is 1. The fourth-order valence-corrected chi connectivity index (χ4v) is 4.20. The van der Waals surface area contributed by atoms with Crippen molar-refractivity contribution in [1.29, 1.82) is 0 Å². The summed E-state index contributed by atoms with van der Waals surface area (Å²) in [6.45, 7) is 1.67. The molecule has 1 aromatic rings. The third-order valence-electron chi connectivity index (χ3n) is 2.39. The molecule has 1 rings (SSSR count). The van der Waals surface area contributed by atoms with Gasteiger partial charge < -0.3 is 5.32 Å². The first kappa shape index (κ1) is 18.7. The van der Waals surface area contributed by atoms with Crippen LogP contribution in [-0.4, -0.2) is 36.6 Å². The van der Waals surface area contributed by atoms with Gasteiger partial charge in [-0.15, -0.1) is 0 Å². The second-order valence-corrected chi connectivity index (χ2v) is 9.14. The largest absolute Gasteiger partial charge is 0.349 e. The van der Waals surface area contributed by atoms with Gasteiger partial charge in [-0.1, -0.05) is 23.2 Å². The Kier molecular flexibility index (Phi) is 6.49. The molecule has 0 aliphatic rings. The Morgan fingerprint density at radius 3 is 2.38 bits per heavy atom. The summed E-state index contributed by atoms with van der Waals surface area (Å²) in [6.07, 6.45) is 1.51. The summed E-state index contributed by atoms with van der Waals surface area (Å²) in [5, 5.41) is 2.39. The lowest BCUT2D eigenvalue weighted by Gasteiger charge is -2.14. The maximum absolute atomic E-state index is 12.1. The molecule has 2 atom stereocenters. The molecule has 1 amide bonds. The van der Waals surface area contributed by atoms with E-state index in [9.17, 15) is 17.4 Å². The zero-order valence-electron chi connectivity index (χ0n) is 11.0. The molecule has 0 saturated heterocycles. The molecule has 0 aromatic heterocycles. The monoisotopic (exact) mass is 391 g/mol. The number of rotatable bonds is 5. The predicted molar refractivity (Wildman–Crippen MR) is 85.4 cm³/mol. The fourth-order valence-electron chi connectivity index (χ4n) is 1.59. The lowest BCUT2D eigenvalue weighted by Crippen LogP contribution is -2.36. The second-order valence-electron chi connectivity index (χ2n) is 4.31. The molecular formula is C11H12Cl3NO4S2. The number of nitrogens with one attached hydrogen (secondary N) is 1. The molecule has 0 spiro atoms. The summed E-state index contributed by atoms with van der Waals surface area (Å²) in [5.41, 5.74) is -0.0750. The van der Waals surface area contributed by atoms with Crippen molar-refractivity contribution in [3.05, 3.63) is 27.7 Å². The Labute approximate surface area is 139 Å². The van der Waals surface area contributed by atoms with Crippen LogP contribution in [0.25, 0.3) is 0 Å². The van der Waals surface area contributed by atoms with Crippen molar-refractivity contribution in [1.82, 2.24) is 5.32 Å². The number of hydrogen-bond donors (Lipinski definition) is 1. The lowest BCUT2D eigenvalue weighted by molar-refractivity contribution is 0.0943. The van der Waals surface area contributed by atoms with Gasteiger partial charge in [0.1, 0.15) is 4.90 Å². The molecule has 0 fully saturated rings. The van der Waals surface area contributed by atoms with E-state index in [4.69, 9.17) is 33.9 Å². The summed E-state index contributed by atoms with van der Waals surface area (Å²) < 4.78 is 33.8. The van der Waals surface area contributed by atoms with Crippen LogP contribution in [0.2, 0.25) is 10.0 Å². The lowest BCUT2D eigenvalue weighted by atomic mass is 10.2. The van der Waals surface area contributed by atoms with E-state index in [1.807, 2.05) is 0 Å². The number of halogens is 3. The Balaban J connectivity index is 3.13. The molecule has 0 bridgehead atoms. The number of carbonyl (C=O) groups excluding carboxylic acids is 1. The van der Waals surface area contributed by atoms with Gasteiger partial charge in [0.15, 0.2) is 0 Å². The number of amides is 1. The van der Waals surface area contributed by atoms with Gasteiger partial charge in [-0.05, 0) is 19.1 Å². The van der Waals surface area contributed by atoms with Crippen LogP contribution in [-0.2, 0) is 19.9 Å². The van der Waals surface area contributed by atoms with Crippen LogP contribution in [0.4, 0.5) is 0 Å². The molecule has 0 radical (unpaired) electrons. The van der Waals surface area contributed by atoms with E-state index in [-0.39, 0.29) is 27.4 Å². The number of hydrogen-bond acceptors (Lipinski definition) is 4. The minimum Gasteiger partial charge on any atom is -0.349 e. The van der Waals surface area contributed by atoms with E-state index < -0.39 is 30.7 Å². The summed E-state index contributed by atoms with van der Waals surface area (Å²) >= 11 is 11.6. The van der Waals surface area contributed by atoms with Crippen LogP contribution in [0.5, 0.6) is 0 Å². The Hall–Kier alpha value is -0.340. The molecule has 0 aliphatic carbocycles. The maximum atomic E-state index is 12.1. The maximum Gasteiger partial charge on any atom is 0.262 e. The van der Waals surface area contributed by atoms with E-state index in [1.54, 1.807) is 6.92 Å². The van der Waals surface area contributed by atoms with Crippen molar-refractivity contribution in [3.63, 3.8) is 0 Å². The smallest absolute Gasteiger partial charge is 0.262 e. The first-order valence-corrected chi connectivity index (χ1v) is 10.4. The number of carbonyl (C=O) groups is 1. The van der Waals surface area contributed by atoms with Gasteiger partial charge in [-0.2, -0.15) is 0 Å². The average Bonchev–Trinajstić information content (AvgIpc) is 2.24. The SMILES string of the molecule is CC(CS(C)=O)NC(=O)c1cc(S(=O)(=O)Cl)c(Cl)cc1Cl. The van der Waals surface area contributed by atoms with Gasteiger partial charge in [0.05, 0.1) is 15.6 Å². The van der Waals surface area contributed by atoms with Crippen molar-refractivity contribution in [2.24, 2.45) is 0 Å². The molecule has 2 unspecified atom stereocenters. The fraction of sp³-hybridized carbons (Fsp3) is 0.364. The van der Waals surface area contributed by atoms with Crippen LogP contribution in [0, 0.1) is 0 Å². The van der Waals surface area contributed by atoms with E-state index >= 15 is 0 Å². The molecule has 5 nitrogen and oxygen atoms in total. The van der Waals surface area contributed by atoms with E-state index in [1.165, 1.54) is 6.26 Å². The van der Waals surface area contributed by atoms with E-state index in [2.05, 4.69) is 5.32 Å². The zero-order valence-corrected chi connectivity index (χ0v) is 14.9. The molecule has 1 N–H and O–H groups in total. The molecule has 10 heteroatoms. The Bertz CT molecular complexity index is 691. The highest BCUT2D eigenvalue weighted by molar-refractivity contribution is 8.13. The quantitative estimate of drug-likeness (QED) is 0.780. The van der Waals surface area contributed by atoms with Crippen LogP contribution in [0.15, 0.2) is 17.0 Å². The molecule has 1 aromatic carbocycles. The van der Waals surface area contributed by atoms with Gasteiger partial charge >= 0.3 is 0 Å². The van der Waals surface area contributed by atoms with Gasteiger partial charge in [0.2, 0.25) is 0 Å². The molecule has 0 aliphatic heterocycles. The molecule has 118 valence electrons. The summed E-state index contributed by atoms with van der Waals surface area (Å²) in [7, 11) is 0.0577. The van der Waals surface area contributed by atoms with Crippen molar-refractivity contribution in [2.45, 2.75) is 17.9 Å². The molecular weight excluding hydrogens is 381 g/mol. The van der Waals surface area contributed by atoms with Crippen LogP contribution in [0.1, 0.15) is 17.3 Å². The summed E-state index contributed by atoms with van der Waals surface area (Å²) in [4.78, 5) is 11.7. The minimum absolute atomic E-state index is 0.00797. The van der Waals surface area contributed by atoms with E-state index in [0.717, 1.165) is 12.1 Å². The highest BCUT2D eigenvalue weighted by Gasteiger charge is 2.21. The van der Waals surface area contributed by atoms with Gasteiger partial charge in [0, 0.05) is 39.5 Å². The van der Waals surface area contributed by atoms with Crippen molar-refractivity contribution < 1.29 is 17.4 Å². The van der Waals surface area contributed by atoms with Crippen molar-refractivity contribution in [2.75, 3.05) is 12.0 Å². The average molecular weight is 393 g/mol. The van der Waals surface area contributed by atoms with E-state index in [0.29, 0.717) is 0 Å². The zero-order chi connectivity index (χ0) is 16.4. The summed E-state index contributed by atoms with van der Waals surface area (Å²) in [5.74, 6) is -0.339. The molecule has 21 heavy (non-hydrogen) atoms. The molecule has 0 heterocycles. The highest BCUT2D eigenvalue weighted by Crippen LogP contribution is 2.30. The molecule has 0 saturated carbocycles. The van der Waals surface area contributed by atoms with Crippen LogP contribution in [0.3, 0.4) is 0 Å².